The fraction of sp³-hybridized carbons (Fsp3) is 0.316. The highest BCUT2D eigenvalue weighted by Crippen LogP contribution is 2.20. The van der Waals surface area contributed by atoms with E-state index in [-0.39, 0.29) is 23.5 Å². The molecular weight excluding hydrogens is 323 g/mol. The summed E-state index contributed by atoms with van der Waals surface area (Å²) in [5.74, 6) is -0.0327. The molecule has 2 aromatic rings. The highest BCUT2D eigenvalue weighted by Gasteiger charge is 2.27. The van der Waals surface area contributed by atoms with Crippen LogP contribution in [0.5, 0.6) is 0 Å². The number of rotatable bonds is 6. The van der Waals surface area contributed by atoms with Crippen LogP contribution in [0.15, 0.2) is 59.5 Å². The average molecular weight is 345 g/mol. The molecule has 1 saturated heterocycles. The Morgan fingerprint density at radius 3 is 2.71 bits per heavy atom. The predicted octanol–water partition coefficient (Wildman–Crippen LogP) is 1.89. The first-order chi connectivity index (χ1) is 11.7. The van der Waals surface area contributed by atoms with Gasteiger partial charge in [-0.05, 0) is 12.1 Å². The largest absolute Gasteiger partial charge is 0.347 e. The SMILES string of the molecule is O=C(CSc1ccccc1F)N[C@H]1CC[NH+](Cc2ccccc2)C1. The molecule has 3 rings (SSSR count). The summed E-state index contributed by atoms with van der Waals surface area (Å²) in [4.78, 5) is 14.1. The quantitative estimate of drug-likeness (QED) is 0.784. The van der Waals surface area contributed by atoms with E-state index in [2.05, 4.69) is 29.6 Å². The molecule has 0 aromatic heterocycles. The molecule has 1 aliphatic rings. The van der Waals surface area contributed by atoms with E-state index < -0.39 is 0 Å². The van der Waals surface area contributed by atoms with Gasteiger partial charge in [-0.2, -0.15) is 0 Å². The van der Waals surface area contributed by atoms with Gasteiger partial charge in [-0.25, -0.2) is 4.39 Å². The van der Waals surface area contributed by atoms with Crippen molar-refractivity contribution in [2.45, 2.75) is 23.9 Å². The number of amides is 1. The number of benzene rings is 2. The normalized spacial score (nSPS) is 20.0. The van der Waals surface area contributed by atoms with Crippen LogP contribution >= 0.6 is 11.8 Å². The van der Waals surface area contributed by atoms with Gasteiger partial charge in [-0.1, -0.05) is 42.5 Å². The highest BCUT2D eigenvalue weighted by atomic mass is 32.2. The Morgan fingerprint density at radius 1 is 1.17 bits per heavy atom. The highest BCUT2D eigenvalue weighted by molar-refractivity contribution is 8.00. The predicted molar refractivity (Wildman–Crippen MR) is 94.5 cm³/mol. The second-order valence-electron chi connectivity index (χ2n) is 6.14. The molecule has 0 bridgehead atoms. The van der Waals surface area contributed by atoms with Crippen molar-refractivity contribution in [2.24, 2.45) is 0 Å². The van der Waals surface area contributed by atoms with Gasteiger partial charge in [0.15, 0.2) is 0 Å². The van der Waals surface area contributed by atoms with E-state index >= 15 is 0 Å². The summed E-state index contributed by atoms with van der Waals surface area (Å²) in [5.41, 5.74) is 1.33. The molecule has 1 unspecified atom stereocenters. The van der Waals surface area contributed by atoms with Crippen LogP contribution in [0, 0.1) is 5.82 Å². The lowest BCUT2D eigenvalue weighted by Gasteiger charge is -2.14. The molecule has 1 amide bonds. The van der Waals surface area contributed by atoms with Gasteiger partial charge in [-0.15, -0.1) is 11.8 Å². The molecule has 3 nitrogen and oxygen atoms in total. The van der Waals surface area contributed by atoms with Crippen molar-refractivity contribution >= 4 is 17.7 Å². The van der Waals surface area contributed by atoms with Crippen LogP contribution in [0.25, 0.3) is 0 Å². The van der Waals surface area contributed by atoms with Gasteiger partial charge in [-0.3, -0.25) is 4.79 Å². The average Bonchev–Trinajstić information content (AvgIpc) is 3.02. The summed E-state index contributed by atoms with van der Waals surface area (Å²) in [5, 5.41) is 3.08. The van der Waals surface area contributed by atoms with E-state index in [1.54, 1.807) is 18.2 Å². The fourth-order valence-electron chi connectivity index (χ4n) is 3.07. The van der Waals surface area contributed by atoms with E-state index in [1.807, 2.05) is 6.07 Å². The van der Waals surface area contributed by atoms with Crippen molar-refractivity contribution in [1.29, 1.82) is 0 Å². The Kier molecular flexibility index (Phi) is 5.88. The maximum absolute atomic E-state index is 13.5. The lowest BCUT2D eigenvalue weighted by molar-refractivity contribution is -0.901. The molecule has 2 aromatic carbocycles. The third-order valence-corrected chi connectivity index (χ3v) is 5.29. The molecule has 0 saturated carbocycles. The first-order valence-corrected chi connectivity index (χ1v) is 9.23. The van der Waals surface area contributed by atoms with Crippen LogP contribution in [0.2, 0.25) is 0 Å². The Labute approximate surface area is 146 Å². The molecule has 2 N–H and O–H groups in total. The van der Waals surface area contributed by atoms with Crippen molar-refractivity contribution < 1.29 is 14.1 Å². The van der Waals surface area contributed by atoms with Crippen LogP contribution in [0.1, 0.15) is 12.0 Å². The molecule has 24 heavy (non-hydrogen) atoms. The number of thioether (sulfide) groups is 1. The smallest absolute Gasteiger partial charge is 0.230 e. The molecule has 5 heteroatoms. The van der Waals surface area contributed by atoms with Gasteiger partial charge in [0.25, 0.3) is 0 Å². The first kappa shape index (κ1) is 17.0. The second-order valence-corrected chi connectivity index (χ2v) is 7.16. The second kappa shape index (κ2) is 8.31. The monoisotopic (exact) mass is 345 g/mol. The number of quaternary nitrogens is 1. The zero-order valence-electron chi connectivity index (χ0n) is 13.5. The summed E-state index contributed by atoms with van der Waals surface area (Å²) < 4.78 is 13.5. The number of nitrogens with one attached hydrogen (secondary N) is 2. The lowest BCUT2D eigenvalue weighted by atomic mass is 10.2. The Balaban J connectivity index is 1.42. The van der Waals surface area contributed by atoms with Crippen molar-refractivity contribution in [3.63, 3.8) is 0 Å². The van der Waals surface area contributed by atoms with E-state index in [4.69, 9.17) is 0 Å². The van der Waals surface area contributed by atoms with E-state index in [9.17, 15) is 9.18 Å². The molecule has 1 fully saturated rings. The number of likely N-dealkylation sites (tertiary alicyclic amines) is 1. The minimum absolute atomic E-state index is 0.0192. The van der Waals surface area contributed by atoms with E-state index in [0.717, 1.165) is 26.1 Å². The van der Waals surface area contributed by atoms with Crippen LogP contribution in [0.4, 0.5) is 4.39 Å². The number of hydrogen-bond acceptors (Lipinski definition) is 2. The number of halogens is 1. The van der Waals surface area contributed by atoms with Crippen molar-refractivity contribution in [3.05, 3.63) is 66.0 Å². The van der Waals surface area contributed by atoms with Crippen LogP contribution < -0.4 is 10.2 Å². The number of carbonyl (C=O) groups is 1. The van der Waals surface area contributed by atoms with Gasteiger partial charge >= 0.3 is 0 Å². The summed E-state index contributed by atoms with van der Waals surface area (Å²) >= 11 is 1.25. The minimum atomic E-state index is -0.269. The molecule has 0 radical (unpaired) electrons. The van der Waals surface area contributed by atoms with Crippen LogP contribution in [-0.2, 0) is 11.3 Å². The topological polar surface area (TPSA) is 33.5 Å². The third kappa shape index (κ3) is 4.82. The third-order valence-electron chi connectivity index (χ3n) is 4.24. The van der Waals surface area contributed by atoms with Crippen LogP contribution in [-0.4, -0.2) is 30.8 Å². The molecule has 0 spiro atoms. The van der Waals surface area contributed by atoms with Crippen LogP contribution in [0.3, 0.4) is 0 Å². The van der Waals surface area contributed by atoms with Crippen molar-refractivity contribution in [2.75, 3.05) is 18.8 Å². The Morgan fingerprint density at radius 2 is 1.92 bits per heavy atom. The molecule has 1 heterocycles. The van der Waals surface area contributed by atoms with Gasteiger partial charge in [0.1, 0.15) is 12.4 Å². The zero-order valence-corrected chi connectivity index (χ0v) is 14.3. The summed E-state index contributed by atoms with van der Waals surface area (Å²) in [6, 6.07) is 17.2. The summed E-state index contributed by atoms with van der Waals surface area (Å²) in [6.45, 7) is 3.02. The molecule has 2 atom stereocenters. The van der Waals surface area contributed by atoms with Gasteiger partial charge < -0.3 is 10.2 Å². The minimum Gasteiger partial charge on any atom is -0.347 e. The number of hydrogen-bond donors (Lipinski definition) is 2. The maximum Gasteiger partial charge on any atom is 0.230 e. The molecular formula is C19H22FN2OS+. The Hall–Kier alpha value is -1.85. The Bertz CT molecular complexity index is 680. The number of carbonyl (C=O) groups excluding carboxylic acids is 1. The van der Waals surface area contributed by atoms with Gasteiger partial charge in [0, 0.05) is 16.9 Å². The molecule has 1 aliphatic heterocycles. The summed E-state index contributed by atoms with van der Waals surface area (Å²) in [7, 11) is 0. The summed E-state index contributed by atoms with van der Waals surface area (Å²) in [6.07, 6.45) is 0.998. The van der Waals surface area contributed by atoms with Gasteiger partial charge in [0.2, 0.25) is 5.91 Å². The fourth-order valence-corrected chi connectivity index (χ4v) is 3.82. The van der Waals surface area contributed by atoms with Crippen molar-refractivity contribution in [1.82, 2.24) is 5.32 Å². The van der Waals surface area contributed by atoms with Crippen molar-refractivity contribution in [3.8, 4) is 0 Å². The maximum atomic E-state index is 13.5. The molecule has 0 aliphatic carbocycles. The first-order valence-electron chi connectivity index (χ1n) is 8.25. The lowest BCUT2D eigenvalue weighted by Crippen LogP contribution is -3.09. The van der Waals surface area contributed by atoms with E-state index in [0.29, 0.717) is 4.90 Å². The zero-order chi connectivity index (χ0) is 16.8. The van der Waals surface area contributed by atoms with E-state index in [1.165, 1.54) is 28.3 Å². The van der Waals surface area contributed by atoms with Gasteiger partial charge in [0.05, 0.1) is 24.9 Å². The standard InChI is InChI=1S/C19H21FN2OS/c20-17-8-4-5-9-18(17)24-14-19(23)21-16-10-11-22(13-16)12-15-6-2-1-3-7-15/h1-9,16H,10-14H2,(H,21,23)/p+1/t16-/m0/s1. The molecule has 126 valence electrons.